The van der Waals surface area contributed by atoms with Gasteiger partial charge in [-0.05, 0) is 57.8 Å². The Morgan fingerprint density at radius 1 is 0.429 bits per heavy atom. The predicted octanol–water partition coefficient (Wildman–Crippen LogP) is 16.8. The summed E-state index contributed by atoms with van der Waals surface area (Å²) >= 11 is 0. The first-order valence-electron chi connectivity index (χ1n) is 32.0. The molecule has 0 radical (unpaired) electrons. The van der Waals surface area contributed by atoms with Gasteiger partial charge in [0.25, 0.3) is 0 Å². The van der Waals surface area contributed by atoms with Crippen LogP contribution in [0.15, 0.2) is 36.5 Å². The molecule has 6 atom stereocenters. The Balaban J connectivity index is 2.62. The molecule has 3 N–H and O–H groups in total. The largest absolute Gasteiger partial charge is 0.479 e. The van der Waals surface area contributed by atoms with Crippen molar-refractivity contribution in [3.8, 4) is 0 Å². The molecule has 0 spiro atoms. The Kier molecular flexibility index (Phi) is 50.1. The van der Waals surface area contributed by atoms with Gasteiger partial charge in [-0.1, -0.05) is 263 Å². The van der Waals surface area contributed by atoms with Crippen molar-refractivity contribution in [1.29, 1.82) is 0 Å². The Bertz CT molecular complexity index is 1480. The number of carboxylic acids is 1. The van der Waals surface area contributed by atoms with Crippen LogP contribution in [0.1, 0.15) is 303 Å². The fraction of sp³-hybridized carbons (Fsp3) is 0.846. The van der Waals surface area contributed by atoms with Crippen molar-refractivity contribution in [2.45, 2.75) is 340 Å². The number of unbranched alkanes of at least 4 members (excludes halogenated alkanes) is 35. The van der Waals surface area contributed by atoms with E-state index in [0.29, 0.717) is 19.3 Å². The summed E-state index contributed by atoms with van der Waals surface area (Å²) in [5, 5.41) is 31.5. The number of hydrogen-bond acceptors (Lipinski definition) is 11. The highest BCUT2D eigenvalue weighted by Crippen LogP contribution is 2.27. The van der Waals surface area contributed by atoms with Crippen molar-refractivity contribution in [2.24, 2.45) is 0 Å². The second-order valence-electron chi connectivity index (χ2n) is 22.1. The SMILES string of the molecule is CCCCC/C=C\C/C=C\C/C=C\CCCCCCCCC(=O)OCC(COC1OC(C(=O)O)C(O)C(O)C1OC(=O)CCCCCCCCCCCCCCCCCCC)OC(=O)CCCCCCCCCCCCC. The molecule has 77 heavy (non-hydrogen) atoms. The molecular formula is C65H116O12. The number of aliphatic carboxylic acids is 1. The molecular weight excluding hydrogens is 973 g/mol. The van der Waals surface area contributed by atoms with Crippen molar-refractivity contribution < 1.29 is 58.2 Å². The lowest BCUT2D eigenvalue weighted by Crippen LogP contribution is -2.61. The molecule has 0 amide bonds. The van der Waals surface area contributed by atoms with E-state index >= 15 is 0 Å². The number of aliphatic hydroxyl groups is 2. The summed E-state index contributed by atoms with van der Waals surface area (Å²) in [6.45, 7) is 5.99. The Hall–Kier alpha value is -3.06. The summed E-state index contributed by atoms with van der Waals surface area (Å²) in [6.07, 6.45) is 51.1. The van der Waals surface area contributed by atoms with Crippen molar-refractivity contribution >= 4 is 23.9 Å². The van der Waals surface area contributed by atoms with E-state index in [0.717, 1.165) is 89.9 Å². The minimum Gasteiger partial charge on any atom is -0.479 e. The van der Waals surface area contributed by atoms with E-state index in [2.05, 4.69) is 57.2 Å². The molecule has 1 aliphatic heterocycles. The van der Waals surface area contributed by atoms with Gasteiger partial charge in [0.1, 0.15) is 18.8 Å². The maximum atomic E-state index is 13.1. The number of rotatable bonds is 55. The van der Waals surface area contributed by atoms with Gasteiger partial charge in [-0.2, -0.15) is 0 Å². The van der Waals surface area contributed by atoms with Crippen LogP contribution in [0, 0.1) is 0 Å². The highest BCUT2D eigenvalue weighted by molar-refractivity contribution is 5.74. The molecule has 0 bridgehead atoms. The van der Waals surface area contributed by atoms with Gasteiger partial charge in [0.05, 0.1) is 6.61 Å². The molecule has 448 valence electrons. The maximum Gasteiger partial charge on any atom is 0.335 e. The first kappa shape index (κ1) is 72.0. The van der Waals surface area contributed by atoms with Gasteiger partial charge >= 0.3 is 23.9 Å². The lowest BCUT2D eigenvalue weighted by atomic mass is 9.98. The molecule has 1 fully saturated rings. The number of allylic oxidation sites excluding steroid dienone is 6. The van der Waals surface area contributed by atoms with Gasteiger partial charge < -0.3 is 39.0 Å². The van der Waals surface area contributed by atoms with Gasteiger partial charge in [0, 0.05) is 19.3 Å². The van der Waals surface area contributed by atoms with Crippen LogP contribution in [0.2, 0.25) is 0 Å². The lowest BCUT2D eigenvalue weighted by Gasteiger charge is -2.40. The summed E-state index contributed by atoms with van der Waals surface area (Å²) in [5.74, 6) is -3.10. The van der Waals surface area contributed by atoms with E-state index in [-0.39, 0.29) is 25.9 Å². The van der Waals surface area contributed by atoms with Crippen molar-refractivity contribution in [1.82, 2.24) is 0 Å². The van der Waals surface area contributed by atoms with Crippen LogP contribution in [-0.2, 0) is 42.9 Å². The standard InChI is InChI=1S/C65H116O12/c1-4-7-10-13-16-19-22-24-26-28-29-31-32-34-37-39-42-45-48-51-57(66)73-54-56(75-58(67)52-49-46-43-40-36-21-18-15-12-9-6-3)55-74-65-63(61(70)60(69)62(77-65)64(71)72)76-59(68)53-50-47-44-41-38-35-33-30-27-25-23-20-17-14-11-8-5-2/h16,19,24,26,29,31,56,60-63,65,69-70H,4-15,17-18,20-23,25,27-28,30,32-55H2,1-3H3,(H,71,72)/b19-16-,26-24-,31-29-. The summed E-state index contributed by atoms with van der Waals surface area (Å²) in [4.78, 5) is 51.2. The minimum absolute atomic E-state index is 0.0656. The Morgan fingerprint density at radius 3 is 1.21 bits per heavy atom. The van der Waals surface area contributed by atoms with E-state index < -0.39 is 67.3 Å². The Morgan fingerprint density at radius 2 is 0.779 bits per heavy atom. The third-order valence-corrected chi connectivity index (χ3v) is 14.7. The first-order chi connectivity index (χ1) is 37.6. The van der Waals surface area contributed by atoms with Crippen LogP contribution in [0.25, 0.3) is 0 Å². The second kappa shape index (κ2) is 53.6. The second-order valence-corrected chi connectivity index (χ2v) is 22.1. The third-order valence-electron chi connectivity index (χ3n) is 14.7. The summed E-state index contributed by atoms with van der Waals surface area (Å²) < 4.78 is 28.5. The molecule has 12 heteroatoms. The molecule has 0 aliphatic carbocycles. The number of hydrogen-bond donors (Lipinski definition) is 3. The van der Waals surface area contributed by atoms with E-state index in [9.17, 15) is 34.5 Å². The van der Waals surface area contributed by atoms with Gasteiger partial charge in [-0.15, -0.1) is 0 Å². The summed E-state index contributed by atoms with van der Waals surface area (Å²) in [7, 11) is 0. The maximum absolute atomic E-state index is 13.1. The van der Waals surface area contributed by atoms with Gasteiger partial charge in [0.2, 0.25) is 0 Å². The van der Waals surface area contributed by atoms with Gasteiger partial charge in [-0.3, -0.25) is 14.4 Å². The van der Waals surface area contributed by atoms with Gasteiger partial charge in [0.15, 0.2) is 24.6 Å². The number of esters is 3. The van der Waals surface area contributed by atoms with E-state index in [1.165, 1.54) is 154 Å². The Labute approximate surface area is 470 Å². The number of carboxylic acid groups (broad SMARTS) is 1. The molecule has 0 aromatic carbocycles. The average molecular weight is 1090 g/mol. The number of aliphatic hydroxyl groups excluding tert-OH is 2. The number of carbonyl (C=O) groups is 4. The van der Waals surface area contributed by atoms with Crippen LogP contribution >= 0.6 is 0 Å². The van der Waals surface area contributed by atoms with Crippen molar-refractivity contribution in [3.05, 3.63) is 36.5 Å². The molecule has 6 unspecified atom stereocenters. The zero-order valence-electron chi connectivity index (χ0n) is 49.5. The van der Waals surface area contributed by atoms with Crippen molar-refractivity contribution in [2.75, 3.05) is 13.2 Å². The number of carbonyl (C=O) groups excluding carboxylic acids is 3. The quantitative estimate of drug-likeness (QED) is 0.0228. The first-order valence-corrected chi connectivity index (χ1v) is 32.0. The van der Waals surface area contributed by atoms with Crippen LogP contribution in [0.4, 0.5) is 0 Å². The topological polar surface area (TPSA) is 175 Å². The highest BCUT2D eigenvalue weighted by Gasteiger charge is 2.50. The zero-order chi connectivity index (χ0) is 56.1. The minimum atomic E-state index is -1.90. The summed E-state index contributed by atoms with van der Waals surface area (Å²) in [6, 6.07) is 0. The van der Waals surface area contributed by atoms with Crippen LogP contribution in [0.5, 0.6) is 0 Å². The number of ether oxygens (including phenoxy) is 5. The molecule has 1 rings (SSSR count). The zero-order valence-corrected chi connectivity index (χ0v) is 49.5. The monoisotopic (exact) mass is 1090 g/mol. The van der Waals surface area contributed by atoms with E-state index in [4.69, 9.17) is 23.7 Å². The third kappa shape index (κ3) is 43.4. The van der Waals surface area contributed by atoms with Crippen LogP contribution < -0.4 is 0 Å². The van der Waals surface area contributed by atoms with E-state index in [1.807, 2.05) is 0 Å². The fourth-order valence-corrected chi connectivity index (χ4v) is 9.79. The molecule has 12 nitrogen and oxygen atoms in total. The normalized spacial score (nSPS) is 18.2. The van der Waals surface area contributed by atoms with Gasteiger partial charge in [-0.25, -0.2) is 4.79 Å². The lowest BCUT2D eigenvalue weighted by molar-refractivity contribution is -0.301. The van der Waals surface area contributed by atoms with Crippen molar-refractivity contribution in [3.63, 3.8) is 0 Å². The van der Waals surface area contributed by atoms with Crippen LogP contribution in [-0.4, -0.2) is 89.2 Å². The van der Waals surface area contributed by atoms with E-state index in [1.54, 1.807) is 0 Å². The molecule has 1 saturated heterocycles. The average Bonchev–Trinajstić information content (AvgIpc) is 3.41. The van der Waals surface area contributed by atoms with Crippen LogP contribution in [0.3, 0.4) is 0 Å². The fourth-order valence-electron chi connectivity index (χ4n) is 9.79. The molecule has 0 aromatic heterocycles. The smallest absolute Gasteiger partial charge is 0.335 e. The molecule has 0 saturated carbocycles. The predicted molar refractivity (Wildman–Crippen MR) is 313 cm³/mol. The molecule has 0 aromatic rings. The summed E-state index contributed by atoms with van der Waals surface area (Å²) in [5.41, 5.74) is 0. The molecule has 1 aliphatic rings. The highest BCUT2D eigenvalue weighted by atomic mass is 16.7. The molecule has 1 heterocycles.